The monoisotopic (exact) mass is 518 g/mol. The number of aliphatic carboxylic acids is 4. The summed E-state index contributed by atoms with van der Waals surface area (Å²) in [5.74, 6) is -5.96. The summed E-state index contributed by atoms with van der Waals surface area (Å²) >= 11 is 0.149. The average Bonchev–Trinajstić information content (AvgIpc) is 2.64. The number of carbonyl (C=O) groups excluding carboxylic acids is 4. The van der Waals surface area contributed by atoms with Crippen LogP contribution in [0.15, 0.2) is 23.3 Å². The molecule has 0 fully saturated rings. The zero-order valence-electron chi connectivity index (χ0n) is 17.6. The molecule has 9 heteroatoms. The van der Waals surface area contributed by atoms with E-state index in [1.807, 2.05) is 0 Å². The van der Waals surface area contributed by atoms with Crippen molar-refractivity contribution < 1.29 is 39.6 Å². The van der Waals surface area contributed by atoms with E-state index < -0.39 is 23.9 Å². The predicted molar refractivity (Wildman–Crippen MR) is 102 cm³/mol. The molecule has 0 heterocycles. The van der Waals surface area contributed by atoms with E-state index in [0.717, 1.165) is 0 Å². The quantitative estimate of drug-likeness (QED) is 0.177. The van der Waals surface area contributed by atoms with Gasteiger partial charge < -0.3 is 39.6 Å². The zero-order valence-corrected chi connectivity index (χ0v) is 20.4. The summed E-state index contributed by atoms with van der Waals surface area (Å²) < 4.78 is 3.25. The van der Waals surface area contributed by atoms with Gasteiger partial charge in [0.1, 0.15) is 0 Å². The molecule has 0 aliphatic carbocycles. The molecule has 0 aromatic rings. The van der Waals surface area contributed by atoms with Gasteiger partial charge in [-0.3, -0.25) is 0 Å². The molecule has 0 unspecified atom stereocenters. The Bertz CT molecular complexity index is 505. The first kappa shape index (κ1) is 31.8. The van der Waals surface area contributed by atoms with E-state index in [1.165, 1.54) is 39.5 Å². The molecule has 162 valence electrons. The van der Waals surface area contributed by atoms with Gasteiger partial charge in [-0.25, -0.2) is 0 Å². The summed E-state index contributed by atoms with van der Waals surface area (Å²) in [6.45, 7) is 7.62. The molecule has 0 saturated heterocycles. The third kappa shape index (κ3) is 26.2. The van der Waals surface area contributed by atoms with Gasteiger partial charge in [-0.05, 0) is 36.1 Å². The first-order chi connectivity index (χ1) is 13.6. The van der Waals surface area contributed by atoms with Gasteiger partial charge in [0.2, 0.25) is 0 Å². The number of carboxylic acids is 4. The van der Waals surface area contributed by atoms with Gasteiger partial charge in [-0.15, -0.1) is 0 Å². The van der Waals surface area contributed by atoms with E-state index >= 15 is 0 Å². The van der Waals surface area contributed by atoms with Crippen molar-refractivity contribution in [3.05, 3.63) is 23.3 Å². The molecule has 8 nitrogen and oxygen atoms in total. The van der Waals surface area contributed by atoms with Crippen LogP contribution < -0.4 is 20.4 Å². The summed E-state index contributed by atoms with van der Waals surface area (Å²) in [7, 11) is 0. The molecular weight excluding hydrogens is 487 g/mol. The summed E-state index contributed by atoms with van der Waals surface area (Å²) in [4.78, 5) is 39.6. The summed E-state index contributed by atoms with van der Waals surface area (Å²) in [6.07, 6.45) is 7.13. The molecule has 0 atom stereocenters. The van der Waals surface area contributed by atoms with E-state index in [0.29, 0.717) is 12.2 Å². The molecule has 0 bridgehead atoms. The molecule has 0 saturated carbocycles. The molecule has 0 aromatic heterocycles. The third-order valence-corrected chi connectivity index (χ3v) is 7.32. The Hall–Kier alpha value is -1.84. The van der Waals surface area contributed by atoms with Crippen LogP contribution in [0.1, 0.15) is 66.2 Å². The predicted octanol–water partition coefficient (Wildman–Crippen LogP) is -1.23. The van der Waals surface area contributed by atoms with Crippen LogP contribution >= 0.6 is 0 Å². The van der Waals surface area contributed by atoms with Gasteiger partial charge >= 0.3 is 69.5 Å². The molecule has 0 rings (SSSR count). The van der Waals surface area contributed by atoms with Crippen LogP contribution in [0.3, 0.4) is 0 Å². The SMILES string of the molecule is CC/C(=C/C(=O)[O-])C(=O)[O-].CC/C(=C/C(=O)[O-])C(=O)[O-].CCC[CH2][Sn+4][CH2]CCC. The van der Waals surface area contributed by atoms with Crippen molar-refractivity contribution in [2.24, 2.45) is 0 Å². The van der Waals surface area contributed by atoms with Crippen molar-refractivity contribution in [2.75, 3.05) is 0 Å². The Balaban J connectivity index is -0.000000350. The van der Waals surface area contributed by atoms with Crippen molar-refractivity contribution in [1.82, 2.24) is 0 Å². The maximum absolute atomic E-state index is 10.00. The summed E-state index contributed by atoms with van der Waals surface area (Å²) in [5.41, 5.74) is -0.528. The summed E-state index contributed by atoms with van der Waals surface area (Å²) in [6, 6.07) is 0. The van der Waals surface area contributed by atoms with Crippen LogP contribution in [0.4, 0.5) is 0 Å². The molecule has 0 aliphatic rings. The van der Waals surface area contributed by atoms with Crippen molar-refractivity contribution in [3.8, 4) is 0 Å². The average molecular weight is 517 g/mol. The van der Waals surface area contributed by atoms with E-state index in [-0.39, 0.29) is 45.1 Å². The zero-order chi connectivity index (χ0) is 23.2. The van der Waals surface area contributed by atoms with E-state index in [4.69, 9.17) is 0 Å². The second kappa shape index (κ2) is 22.4. The number of carboxylic acid groups (broad SMARTS) is 4. The number of hydrogen-bond donors (Lipinski definition) is 0. The van der Waals surface area contributed by atoms with E-state index in [9.17, 15) is 39.6 Å². The fourth-order valence-electron chi connectivity index (χ4n) is 1.62. The molecule has 29 heavy (non-hydrogen) atoms. The van der Waals surface area contributed by atoms with E-state index in [2.05, 4.69) is 13.8 Å². The molecule has 0 amide bonds. The Kier molecular flexibility index (Phi) is 24.6. The minimum atomic E-state index is -1.51. The minimum absolute atomic E-state index is 0.121. The molecule has 0 aliphatic heterocycles. The van der Waals surface area contributed by atoms with Crippen LogP contribution in [-0.2, 0) is 19.2 Å². The maximum atomic E-state index is 10.00. The fourth-order valence-corrected chi connectivity index (χ4v) is 5.78. The first-order valence-corrected chi connectivity index (χ1v) is 13.6. The third-order valence-electron chi connectivity index (χ3n) is 3.28. The van der Waals surface area contributed by atoms with Crippen LogP contribution in [0, 0.1) is 0 Å². The second-order valence-electron chi connectivity index (χ2n) is 5.72. The number of carbonyl (C=O) groups is 4. The van der Waals surface area contributed by atoms with Gasteiger partial charge in [0.25, 0.3) is 0 Å². The number of rotatable bonds is 12. The topological polar surface area (TPSA) is 161 Å². The van der Waals surface area contributed by atoms with Crippen molar-refractivity contribution in [3.63, 3.8) is 0 Å². The van der Waals surface area contributed by atoms with Crippen LogP contribution in [0.2, 0.25) is 8.87 Å². The van der Waals surface area contributed by atoms with Crippen molar-refractivity contribution in [2.45, 2.75) is 75.1 Å². The van der Waals surface area contributed by atoms with Crippen LogP contribution in [0.25, 0.3) is 0 Å². The van der Waals surface area contributed by atoms with Crippen LogP contribution in [-0.4, -0.2) is 45.0 Å². The molecule has 0 aromatic carbocycles. The van der Waals surface area contributed by atoms with Gasteiger partial charge in [-0.1, -0.05) is 13.8 Å². The number of hydrogen-bond acceptors (Lipinski definition) is 8. The van der Waals surface area contributed by atoms with Crippen molar-refractivity contribution in [1.29, 1.82) is 0 Å². The summed E-state index contributed by atoms with van der Waals surface area (Å²) in [5, 5.41) is 39.6. The molecular formula is C20H30O8Sn. The Morgan fingerprint density at radius 2 is 0.966 bits per heavy atom. The molecule has 6 radical (unpaired) electrons. The van der Waals surface area contributed by atoms with Crippen molar-refractivity contribution >= 4 is 45.0 Å². The fraction of sp³-hybridized carbons (Fsp3) is 0.600. The molecule has 0 N–H and O–H groups in total. The van der Waals surface area contributed by atoms with Crippen LogP contribution in [0.5, 0.6) is 0 Å². The Morgan fingerprint density at radius 3 is 1.10 bits per heavy atom. The molecule has 0 spiro atoms. The van der Waals surface area contributed by atoms with Gasteiger partial charge in [0.05, 0.1) is 23.9 Å². The van der Waals surface area contributed by atoms with Gasteiger partial charge in [0, 0.05) is 0 Å². The van der Waals surface area contributed by atoms with Gasteiger partial charge in [0.15, 0.2) is 0 Å². The first-order valence-electron chi connectivity index (χ1n) is 9.53. The normalized spacial score (nSPS) is 10.8. The Labute approximate surface area is 182 Å². The van der Waals surface area contributed by atoms with E-state index in [1.54, 1.807) is 8.87 Å². The Morgan fingerprint density at radius 1 is 0.655 bits per heavy atom. The number of unbranched alkanes of at least 4 members (excludes halogenated alkanes) is 2. The van der Waals surface area contributed by atoms with Gasteiger partial charge in [-0.2, -0.15) is 0 Å². The second-order valence-corrected chi connectivity index (χ2v) is 10.00. The standard InChI is InChI=1S/2C6H8O4.2C4H9.Sn/c2*1-2-4(6(9)10)3-5(7)8;2*1-3-4-2;/h2*3H,2H2,1H3,(H,7,8)(H,9,10);2*1,3-4H2,2H3;/q;;;;+4/p-4/b2*4-3-;;;.